The maximum Gasteiger partial charge on any atom is 0.300 e. The number of ketones is 2. The number of amides is 2. The van der Waals surface area contributed by atoms with Crippen LogP contribution >= 0.6 is 11.6 Å². The Kier molecular flexibility index (Phi) is 5.36. The number of anilines is 2. The number of aliphatic hydroxyl groups is 1. The summed E-state index contributed by atoms with van der Waals surface area (Å²) in [7, 11) is 0. The molecule has 1 spiro atoms. The molecule has 1 N–H and O–H groups in total. The third kappa shape index (κ3) is 3.21. The number of rotatable bonds is 3. The molecule has 7 nitrogen and oxygen atoms in total. The minimum Gasteiger partial charge on any atom is -0.507 e. The first-order valence-electron chi connectivity index (χ1n) is 12.8. The molecule has 7 rings (SSSR count). The molecule has 1 unspecified atom stereocenters. The third-order valence-corrected chi connectivity index (χ3v) is 7.95. The number of benzene rings is 4. The molecular weight excluding hydrogens is 540 g/mol. The highest BCUT2D eigenvalue weighted by Crippen LogP contribution is 2.57. The van der Waals surface area contributed by atoms with Crippen LogP contribution in [0.5, 0.6) is 0 Å². The van der Waals surface area contributed by atoms with Gasteiger partial charge in [-0.05, 0) is 36.4 Å². The lowest BCUT2D eigenvalue weighted by molar-refractivity contribution is -0.132. The lowest BCUT2D eigenvalue weighted by atomic mass is 9.79. The van der Waals surface area contributed by atoms with Crippen molar-refractivity contribution in [3.8, 4) is 0 Å². The molecule has 1 saturated heterocycles. The van der Waals surface area contributed by atoms with Crippen molar-refractivity contribution in [3.63, 3.8) is 0 Å². The number of fused-ring (bicyclic) bond motifs is 3. The van der Waals surface area contributed by atoms with Crippen molar-refractivity contribution in [2.24, 2.45) is 0 Å². The Bertz CT molecular complexity index is 1880. The normalized spacial score (nSPS) is 20.8. The highest BCUT2D eigenvalue weighted by Gasteiger charge is 2.71. The molecule has 2 heterocycles. The number of aliphatic hydroxyl groups excluding tert-OH is 1. The van der Waals surface area contributed by atoms with Crippen LogP contribution in [0.2, 0.25) is 5.02 Å². The fraction of sp³-hybridized carbons (Fsp3) is 0.0303. The van der Waals surface area contributed by atoms with E-state index in [9.17, 15) is 19.5 Å². The minimum absolute atomic E-state index is 0.0702. The maximum absolute atomic E-state index is 15.0. The summed E-state index contributed by atoms with van der Waals surface area (Å²) in [5.74, 6) is -3.94. The Hall–Kier alpha value is -5.27. The van der Waals surface area contributed by atoms with Crippen molar-refractivity contribution >= 4 is 57.8 Å². The smallest absolute Gasteiger partial charge is 0.300 e. The van der Waals surface area contributed by atoms with Gasteiger partial charge in [-0.15, -0.1) is 0 Å². The summed E-state index contributed by atoms with van der Waals surface area (Å²) in [4.78, 5) is 59.6. The zero-order valence-electron chi connectivity index (χ0n) is 21.2. The summed E-state index contributed by atoms with van der Waals surface area (Å²) >= 11 is 6.14. The second-order valence-electron chi connectivity index (χ2n) is 9.82. The Morgan fingerprint density at radius 3 is 1.90 bits per heavy atom. The first-order chi connectivity index (χ1) is 19.9. The SMILES string of the molecule is O=C1C(=O)N(c2ccc(Cl)cc2)C2(C(=O)N(c3ccccc3)C3=C2C(=O)c2ccccc23)/C1=C(\O)c1ccccc1. The quantitative estimate of drug-likeness (QED) is 0.200. The Labute approximate surface area is 239 Å². The van der Waals surface area contributed by atoms with Crippen molar-refractivity contribution in [1.29, 1.82) is 0 Å². The van der Waals surface area contributed by atoms with Gasteiger partial charge >= 0.3 is 5.91 Å². The van der Waals surface area contributed by atoms with Gasteiger partial charge in [-0.1, -0.05) is 84.4 Å². The van der Waals surface area contributed by atoms with Crippen molar-refractivity contribution in [3.05, 3.63) is 142 Å². The molecule has 4 aromatic rings. The summed E-state index contributed by atoms with van der Waals surface area (Å²) in [6.45, 7) is 0. The maximum atomic E-state index is 15.0. The second kappa shape index (κ2) is 8.87. The number of nitrogens with zero attached hydrogens (tertiary/aromatic N) is 2. The van der Waals surface area contributed by atoms with E-state index < -0.39 is 40.3 Å². The van der Waals surface area contributed by atoms with E-state index in [0.717, 1.165) is 4.90 Å². The Morgan fingerprint density at radius 2 is 1.24 bits per heavy atom. The van der Waals surface area contributed by atoms with E-state index >= 15 is 4.79 Å². The summed E-state index contributed by atoms with van der Waals surface area (Å²) in [6, 6.07) is 29.8. The minimum atomic E-state index is -2.29. The van der Waals surface area contributed by atoms with Gasteiger partial charge in [-0.3, -0.25) is 29.0 Å². The summed E-state index contributed by atoms with van der Waals surface area (Å²) < 4.78 is 0. The van der Waals surface area contributed by atoms with Crippen LogP contribution < -0.4 is 9.80 Å². The van der Waals surface area contributed by atoms with Crippen LogP contribution in [0.1, 0.15) is 21.5 Å². The van der Waals surface area contributed by atoms with E-state index in [-0.39, 0.29) is 22.5 Å². The average Bonchev–Trinajstić information content (AvgIpc) is 3.53. The molecule has 41 heavy (non-hydrogen) atoms. The number of carbonyl (C=O) groups excluding carboxylic acids is 4. The highest BCUT2D eigenvalue weighted by molar-refractivity contribution is 6.58. The van der Waals surface area contributed by atoms with Gasteiger partial charge in [0.05, 0.1) is 16.8 Å². The standard InChI is InChI=1S/C33H19ClN2O5/c34-20-15-17-22(18-16-20)36-31(40)30(39)26(28(37)19-9-3-1-4-10-19)33(36)25-27(23-13-7-8-14-24(23)29(25)38)35(32(33)41)21-11-5-2-6-12-21/h1-18,37H/b28-26-. The van der Waals surface area contributed by atoms with Crippen LogP contribution in [0.15, 0.2) is 120 Å². The second-order valence-corrected chi connectivity index (χ2v) is 10.3. The van der Waals surface area contributed by atoms with Crippen molar-refractivity contribution in [1.82, 2.24) is 0 Å². The van der Waals surface area contributed by atoms with Crippen LogP contribution in [0, 0.1) is 0 Å². The monoisotopic (exact) mass is 558 g/mol. The number of Topliss-reactive ketones (excluding diaryl/α,β-unsaturated/α-hetero) is 2. The number of para-hydroxylation sites is 1. The van der Waals surface area contributed by atoms with E-state index in [4.69, 9.17) is 11.6 Å². The number of hydrogen-bond acceptors (Lipinski definition) is 5. The molecule has 2 amide bonds. The molecule has 0 radical (unpaired) electrons. The van der Waals surface area contributed by atoms with Gasteiger partial charge in [0.15, 0.2) is 11.3 Å². The van der Waals surface area contributed by atoms with Crippen LogP contribution in [0.3, 0.4) is 0 Å². The van der Waals surface area contributed by atoms with Crippen LogP contribution in [-0.2, 0) is 14.4 Å². The van der Waals surface area contributed by atoms with Crippen LogP contribution in [-0.4, -0.2) is 34.0 Å². The zero-order valence-corrected chi connectivity index (χ0v) is 22.0. The lowest BCUT2D eigenvalue weighted by Crippen LogP contribution is -2.57. The molecule has 3 aliphatic rings. The first kappa shape index (κ1) is 24.7. The number of hydrogen-bond donors (Lipinski definition) is 1. The fourth-order valence-electron chi connectivity index (χ4n) is 6.02. The molecular formula is C33H19ClN2O5. The highest BCUT2D eigenvalue weighted by atomic mass is 35.5. The topological polar surface area (TPSA) is 95.0 Å². The van der Waals surface area contributed by atoms with Crippen molar-refractivity contribution in [2.75, 3.05) is 9.80 Å². The van der Waals surface area contributed by atoms with Gasteiger partial charge in [0.1, 0.15) is 5.76 Å². The average molecular weight is 559 g/mol. The van der Waals surface area contributed by atoms with E-state index in [1.165, 1.54) is 29.2 Å². The predicted octanol–water partition coefficient (Wildman–Crippen LogP) is 5.62. The van der Waals surface area contributed by atoms with Gasteiger partial charge < -0.3 is 5.11 Å². The van der Waals surface area contributed by atoms with Gasteiger partial charge in [0.25, 0.3) is 11.7 Å². The zero-order chi connectivity index (χ0) is 28.5. The van der Waals surface area contributed by atoms with Crippen molar-refractivity contribution < 1.29 is 24.3 Å². The molecule has 8 heteroatoms. The number of carbonyl (C=O) groups is 4. The van der Waals surface area contributed by atoms with Gasteiger partial charge in [-0.25, -0.2) is 0 Å². The van der Waals surface area contributed by atoms with Gasteiger partial charge in [0, 0.05) is 33.1 Å². The molecule has 4 aromatic carbocycles. The molecule has 2 aliphatic heterocycles. The van der Waals surface area contributed by atoms with Gasteiger partial charge in [-0.2, -0.15) is 0 Å². The molecule has 1 aliphatic carbocycles. The molecule has 0 aromatic heterocycles. The van der Waals surface area contributed by atoms with Gasteiger partial charge in [0.2, 0.25) is 0 Å². The van der Waals surface area contributed by atoms with Crippen LogP contribution in [0.25, 0.3) is 11.5 Å². The lowest BCUT2D eigenvalue weighted by Gasteiger charge is -2.36. The van der Waals surface area contributed by atoms with E-state index in [2.05, 4.69) is 0 Å². The van der Waals surface area contributed by atoms with E-state index in [1.54, 1.807) is 84.9 Å². The molecule has 0 bridgehead atoms. The fourth-order valence-corrected chi connectivity index (χ4v) is 6.15. The molecule has 1 atom stereocenters. The van der Waals surface area contributed by atoms with Crippen LogP contribution in [0.4, 0.5) is 11.4 Å². The largest absolute Gasteiger partial charge is 0.507 e. The summed E-state index contributed by atoms with van der Waals surface area (Å²) in [5, 5.41) is 12.1. The van der Waals surface area contributed by atoms with E-state index in [0.29, 0.717) is 21.8 Å². The third-order valence-electron chi connectivity index (χ3n) is 7.69. The van der Waals surface area contributed by atoms with Crippen molar-refractivity contribution in [2.45, 2.75) is 5.54 Å². The summed E-state index contributed by atoms with van der Waals surface area (Å²) in [6.07, 6.45) is 0. The Balaban J connectivity index is 1.64. The predicted molar refractivity (Wildman–Crippen MR) is 154 cm³/mol. The summed E-state index contributed by atoms with van der Waals surface area (Å²) in [5.41, 5.74) is -0.924. The van der Waals surface area contributed by atoms with E-state index in [1.807, 2.05) is 0 Å². The Morgan fingerprint density at radius 1 is 0.659 bits per heavy atom. The molecule has 198 valence electrons. The molecule has 0 saturated carbocycles. The first-order valence-corrected chi connectivity index (χ1v) is 13.2. The molecule has 1 fully saturated rings. The number of halogens is 1.